The molecule has 0 bridgehead atoms. The number of ether oxygens (including phenoxy) is 1. The Morgan fingerprint density at radius 2 is 1.90 bits per heavy atom. The number of benzene rings is 2. The minimum Gasteiger partial charge on any atom is -0.496 e. The third-order valence-electron chi connectivity index (χ3n) is 3.26. The molecule has 3 N–H and O–H groups in total. The predicted molar refractivity (Wildman–Crippen MR) is 86.3 cm³/mol. The van der Waals surface area contributed by atoms with Gasteiger partial charge in [-0.05, 0) is 49.2 Å². The van der Waals surface area contributed by atoms with Crippen LogP contribution in [0.15, 0.2) is 30.3 Å². The molecular formula is C16H17ClN2O2. The molecule has 0 heterocycles. The first-order chi connectivity index (χ1) is 9.92. The number of aryl methyl sites for hydroxylation is 2. The third-order valence-corrected chi connectivity index (χ3v) is 3.59. The highest BCUT2D eigenvalue weighted by atomic mass is 35.5. The summed E-state index contributed by atoms with van der Waals surface area (Å²) in [5, 5.41) is 3.25. The predicted octanol–water partition coefficient (Wildman–Crippen LogP) is 3.80. The SMILES string of the molecule is COc1cc(C(=O)Nc2cc(Cl)c(N)cc2C)ccc1C. The molecule has 0 saturated heterocycles. The summed E-state index contributed by atoms with van der Waals surface area (Å²) in [5.41, 5.74) is 9.19. The van der Waals surface area contributed by atoms with E-state index in [2.05, 4.69) is 5.32 Å². The molecule has 0 aliphatic heterocycles. The van der Waals surface area contributed by atoms with Crippen molar-refractivity contribution in [3.8, 4) is 5.75 Å². The summed E-state index contributed by atoms with van der Waals surface area (Å²) in [5.74, 6) is 0.451. The van der Waals surface area contributed by atoms with Crippen molar-refractivity contribution in [3.63, 3.8) is 0 Å². The van der Waals surface area contributed by atoms with Crippen molar-refractivity contribution >= 4 is 28.9 Å². The lowest BCUT2D eigenvalue weighted by atomic mass is 10.1. The molecule has 2 rings (SSSR count). The number of nitrogens with two attached hydrogens (primary N) is 1. The largest absolute Gasteiger partial charge is 0.496 e. The van der Waals surface area contributed by atoms with Crippen molar-refractivity contribution < 1.29 is 9.53 Å². The summed E-state index contributed by atoms with van der Waals surface area (Å²) in [6, 6.07) is 8.68. The lowest BCUT2D eigenvalue weighted by Crippen LogP contribution is -2.13. The zero-order valence-corrected chi connectivity index (χ0v) is 12.9. The smallest absolute Gasteiger partial charge is 0.255 e. The Bertz CT molecular complexity index is 699. The van der Waals surface area contributed by atoms with E-state index in [-0.39, 0.29) is 5.91 Å². The molecule has 0 spiro atoms. The monoisotopic (exact) mass is 304 g/mol. The molecular weight excluding hydrogens is 288 g/mol. The van der Waals surface area contributed by atoms with Gasteiger partial charge in [-0.1, -0.05) is 17.7 Å². The number of amides is 1. The van der Waals surface area contributed by atoms with Gasteiger partial charge in [0, 0.05) is 11.3 Å². The summed E-state index contributed by atoms with van der Waals surface area (Å²) in [4.78, 5) is 12.3. The molecule has 0 unspecified atom stereocenters. The Hall–Kier alpha value is -2.20. The van der Waals surface area contributed by atoms with Crippen LogP contribution in [0.3, 0.4) is 0 Å². The van der Waals surface area contributed by atoms with Crippen LogP contribution in [0.25, 0.3) is 0 Å². The summed E-state index contributed by atoms with van der Waals surface area (Å²) in [6.45, 7) is 3.78. The van der Waals surface area contributed by atoms with E-state index in [9.17, 15) is 4.79 Å². The van der Waals surface area contributed by atoms with Crippen molar-refractivity contribution in [1.82, 2.24) is 0 Å². The molecule has 2 aromatic carbocycles. The first-order valence-electron chi connectivity index (χ1n) is 6.44. The van der Waals surface area contributed by atoms with Crippen LogP contribution in [0.4, 0.5) is 11.4 Å². The first kappa shape index (κ1) is 15.2. The van der Waals surface area contributed by atoms with Gasteiger partial charge in [-0.15, -0.1) is 0 Å². The average Bonchev–Trinajstić information content (AvgIpc) is 2.45. The molecule has 1 amide bonds. The number of carbonyl (C=O) groups is 1. The van der Waals surface area contributed by atoms with Gasteiger partial charge >= 0.3 is 0 Å². The number of anilines is 2. The van der Waals surface area contributed by atoms with Gasteiger partial charge in [-0.3, -0.25) is 4.79 Å². The van der Waals surface area contributed by atoms with Gasteiger partial charge in [-0.25, -0.2) is 0 Å². The maximum Gasteiger partial charge on any atom is 0.255 e. The molecule has 21 heavy (non-hydrogen) atoms. The molecule has 0 aliphatic carbocycles. The molecule has 0 radical (unpaired) electrons. The zero-order valence-electron chi connectivity index (χ0n) is 12.2. The van der Waals surface area contributed by atoms with Crippen LogP contribution in [0.2, 0.25) is 5.02 Å². The fourth-order valence-corrected chi connectivity index (χ4v) is 2.16. The summed E-state index contributed by atoms with van der Waals surface area (Å²) in [6.07, 6.45) is 0. The zero-order chi connectivity index (χ0) is 15.6. The molecule has 0 aromatic heterocycles. The van der Waals surface area contributed by atoms with E-state index in [4.69, 9.17) is 22.1 Å². The van der Waals surface area contributed by atoms with E-state index in [0.717, 1.165) is 11.1 Å². The minimum absolute atomic E-state index is 0.225. The fraction of sp³-hybridized carbons (Fsp3) is 0.188. The van der Waals surface area contributed by atoms with Crippen LogP contribution in [0.1, 0.15) is 21.5 Å². The van der Waals surface area contributed by atoms with E-state index in [1.165, 1.54) is 0 Å². The molecule has 0 aliphatic rings. The number of hydrogen-bond donors (Lipinski definition) is 2. The Kier molecular flexibility index (Phi) is 4.38. The van der Waals surface area contributed by atoms with Crippen LogP contribution in [-0.2, 0) is 0 Å². The maximum absolute atomic E-state index is 12.3. The van der Waals surface area contributed by atoms with Crippen LogP contribution in [0.5, 0.6) is 5.75 Å². The summed E-state index contributed by atoms with van der Waals surface area (Å²) >= 11 is 5.99. The number of halogens is 1. The van der Waals surface area contributed by atoms with Gasteiger partial charge in [0.1, 0.15) is 5.75 Å². The Morgan fingerprint density at radius 3 is 2.57 bits per heavy atom. The molecule has 4 nitrogen and oxygen atoms in total. The van der Waals surface area contributed by atoms with Crippen LogP contribution in [0, 0.1) is 13.8 Å². The van der Waals surface area contributed by atoms with Gasteiger partial charge in [-0.2, -0.15) is 0 Å². The lowest BCUT2D eigenvalue weighted by molar-refractivity contribution is 0.102. The molecule has 0 atom stereocenters. The second-order valence-corrected chi connectivity index (χ2v) is 5.23. The molecule has 0 fully saturated rings. The quantitative estimate of drug-likeness (QED) is 0.848. The number of hydrogen-bond acceptors (Lipinski definition) is 3. The van der Waals surface area contributed by atoms with Gasteiger partial charge in [0.25, 0.3) is 5.91 Å². The molecule has 5 heteroatoms. The highest BCUT2D eigenvalue weighted by Crippen LogP contribution is 2.27. The molecule has 2 aromatic rings. The maximum atomic E-state index is 12.3. The van der Waals surface area contributed by atoms with Crippen LogP contribution >= 0.6 is 11.6 Å². The standard InChI is InChI=1S/C16H17ClN2O2/c1-9-4-5-11(7-15(9)21-3)16(20)19-14-8-12(17)13(18)6-10(14)2/h4-8H,18H2,1-3H3,(H,19,20). The number of nitrogen functional groups attached to an aromatic ring is 1. The van der Waals surface area contributed by atoms with Crippen molar-refractivity contribution in [2.45, 2.75) is 13.8 Å². The number of methoxy groups -OCH3 is 1. The van der Waals surface area contributed by atoms with Crippen LogP contribution in [-0.4, -0.2) is 13.0 Å². The average molecular weight is 305 g/mol. The Balaban J connectivity index is 2.28. The topological polar surface area (TPSA) is 64.3 Å². The van der Waals surface area contributed by atoms with Gasteiger partial charge in [0.15, 0.2) is 0 Å². The van der Waals surface area contributed by atoms with E-state index in [0.29, 0.717) is 27.7 Å². The summed E-state index contributed by atoms with van der Waals surface area (Å²) in [7, 11) is 1.58. The highest BCUT2D eigenvalue weighted by molar-refractivity contribution is 6.33. The molecule has 0 saturated carbocycles. The van der Waals surface area contributed by atoms with E-state index in [1.807, 2.05) is 19.9 Å². The second-order valence-electron chi connectivity index (χ2n) is 4.83. The second kappa shape index (κ2) is 6.06. The van der Waals surface area contributed by atoms with Crippen molar-refractivity contribution in [2.75, 3.05) is 18.2 Å². The van der Waals surface area contributed by atoms with Crippen molar-refractivity contribution in [1.29, 1.82) is 0 Å². The molecule has 110 valence electrons. The summed E-state index contributed by atoms with van der Waals surface area (Å²) < 4.78 is 5.23. The van der Waals surface area contributed by atoms with Crippen molar-refractivity contribution in [3.05, 3.63) is 52.0 Å². The number of rotatable bonds is 3. The Morgan fingerprint density at radius 1 is 1.19 bits per heavy atom. The van der Waals surface area contributed by atoms with Crippen LogP contribution < -0.4 is 15.8 Å². The minimum atomic E-state index is -0.225. The van der Waals surface area contributed by atoms with E-state index in [1.54, 1.807) is 31.4 Å². The van der Waals surface area contributed by atoms with E-state index < -0.39 is 0 Å². The number of nitrogens with one attached hydrogen (secondary N) is 1. The number of carbonyl (C=O) groups excluding carboxylic acids is 1. The Labute approximate surface area is 128 Å². The van der Waals surface area contributed by atoms with Gasteiger partial charge < -0.3 is 15.8 Å². The third kappa shape index (κ3) is 3.28. The van der Waals surface area contributed by atoms with Crippen molar-refractivity contribution in [2.24, 2.45) is 0 Å². The lowest BCUT2D eigenvalue weighted by Gasteiger charge is -2.12. The normalized spacial score (nSPS) is 10.3. The first-order valence-corrected chi connectivity index (χ1v) is 6.81. The van der Waals surface area contributed by atoms with Gasteiger partial charge in [0.05, 0.1) is 17.8 Å². The van der Waals surface area contributed by atoms with E-state index >= 15 is 0 Å². The van der Waals surface area contributed by atoms with Gasteiger partial charge in [0.2, 0.25) is 0 Å². The fourth-order valence-electron chi connectivity index (χ4n) is 1.99. The highest BCUT2D eigenvalue weighted by Gasteiger charge is 2.11.